The topological polar surface area (TPSA) is 99.6 Å². The maximum absolute atomic E-state index is 13.6. The van der Waals surface area contributed by atoms with Gasteiger partial charge in [-0.05, 0) is 60.0 Å². The van der Waals surface area contributed by atoms with E-state index in [1.165, 1.54) is 4.31 Å². The third-order valence-corrected chi connectivity index (χ3v) is 7.53. The molecule has 2 N–H and O–H groups in total. The summed E-state index contributed by atoms with van der Waals surface area (Å²) in [6.45, 7) is 1.66. The van der Waals surface area contributed by atoms with Crippen molar-refractivity contribution in [3.8, 4) is 23.0 Å². The van der Waals surface area contributed by atoms with E-state index >= 15 is 0 Å². The molecule has 1 aromatic heterocycles. The minimum atomic E-state index is -3.85. The van der Waals surface area contributed by atoms with Crippen LogP contribution >= 0.6 is 0 Å². The highest BCUT2D eigenvalue weighted by molar-refractivity contribution is 7.89. The number of hydrogen-bond acceptors (Lipinski definition) is 5. The first kappa shape index (κ1) is 26.6. The van der Waals surface area contributed by atoms with E-state index in [-0.39, 0.29) is 24.5 Å². The van der Waals surface area contributed by atoms with Crippen LogP contribution in [0.2, 0.25) is 0 Å². The molecule has 0 aliphatic carbocycles. The molecule has 1 heterocycles. The molecule has 38 heavy (non-hydrogen) atoms. The minimum Gasteiger partial charge on any atom is -0.480 e. The first-order valence-corrected chi connectivity index (χ1v) is 13.4. The summed E-state index contributed by atoms with van der Waals surface area (Å²) >= 11 is 0. The lowest BCUT2D eigenvalue weighted by Gasteiger charge is -2.22. The highest BCUT2D eigenvalue weighted by Gasteiger charge is 2.25. The highest BCUT2D eigenvalue weighted by Crippen LogP contribution is 2.24. The molecule has 7 nitrogen and oxygen atoms in total. The molecule has 0 aliphatic rings. The van der Waals surface area contributed by atoms with E-state index in [1.807, 2.05) is 48.5 Å². The molecule has 4 rings (SSSR count). The van der Waals surface area contributed by atoms with Gasteiger partial charge >= 0.3 is 5.97 Å². The van der Waals surface area contributed by atoms with Crippen LogP contribution in [-0.2, 0) is 27.9 Å². The van der Waals surface area contributed by atoms with E-state index in [4.69, 9.17) is 5.11 Å². The molecule has 4 aromatic rings. The van der Waals surface area contributed by atoms with Crippen LogP contribution in [0.25, 0.3) is 11.1 Å². The molecule has 0 saturated heterocycles. The van der Waals surface area contributed by atoms with Crippen molar-refractivity contribution in [2.75, 3.05) is 11.9 Å². The second-order valence-electron chi connectivity index (χ2n) is 8.50. The van der Waals surface area contributed by atoms with Crippen molar-refractivity contribution in [3.63, 3.8) is 0 Å². The van der Waals surface area contributed by atoms with Gasteiger partial charge < -0.3 is 10.4 Å². The van der Waals surface area contributed by atoms with Crippen LogP contribution in [0.15, 0.2) is 102 Å². The molecule has 0 amide bonds. The molecule has 3 aromatic carbocycles. The standard InChI is InChI=1S/C30H27N3O4S/c1-2-8-23-9-6-10-26(19-23)25-17-15-24(16-18-25)21-33(38(36,37)28-12-4-3-5-13-28)22-27-11-7-14-29(32-27)31-20-30(34)35/h3-7,9-19H,20-22H2,1H3,(H,31,32)(H,34,35). The van der Waals surface area contributed by atoms with Gasteiger partial charge in [-0.2, -0.15) is 4.31 Å². The Morgan fingerprint density at radius 1 is 0.895 bits per heavy atom. The van der Waals surface area contributed by atoms with Crippen molar-refractivity contribution in [3.05, 3.63) is 114 Å². The number of sulfonamides is 1. The van der Waals surface area contributed by atoms with Gasteiger partial charge in [0.25, 0.3) is 0 Å². The summed E-state index contributed by atoms with van der Waals surface area (Å²) in [6, 6.07) is 29.1. The van der Waals surface area contributed by atoms with Gasteiger partial charge in [0.2, 0.25) is 10.0 Å². The van der Waals surface area contributed by atoms with Crippen molar-refractivity contribution in [1.82, 2.24) is 9.29 Å². The highest BCUT2D eigenvalue weighted by atomic mass is 32.2. The molecular formula is C30H27N3O4S. The molecular weight excluding hydrogens is 498 g/mol. The first-order chi connectivity index (χ1) is 18.3. The van der Waals surface area contributed by atoms with Crippen LogP contribution in [0.3, 0.4) is 0 Å². The zero-order valence-electron chi connectivity index (χ0n) is 20.8. The zero-order chi connectivity index (χ0) is 27.0. The maximum atomic E-state index is 13.6. The number of aliphatic carboxylic acids is 1. The van der Waals surface area contributed by atoms with E-state index in [0.29, 0.717) is 11.5 Å². The number of rotatable bonds is 10. The number of hydrogen-bond donors (Lipinski definition) is 2. The SMILES string of the molecule is CC#Cc1cccc(-c2ccc(CN(Cc3cccc(NCC(=O)O)n3)S(=O)(=O)c3ccccc3)cc2)c1. The molecule has 0 saturated carbocycles. The summed E-state index contributed by atoms with van der Waals surface area (Å²) in [5.41, 5.74) is 4.27. The fourth-order valence-electron chi connectivity index (χ4n) is 3.91. The smallest absolute Gasteiger partial charge is 0.322 e. The van der Waals surface area contributed by atoms with E-state index in [2.05, 4.69) is 22.1 Å². The fraction of sp³-hybridized carbons (Fsp3) is 0.133. The average Bonchev–Trinajstić information content (AvgIpc) is 2.93. The Bertz CT molecular complexity index is 1580. The van der Waals surface area contributed by atoms with Crippen LogP contribution in [0.5, 0.6) is 0 Å². The minimum absolute atomic E-state index is 0.0132. The molecule has 0 spiro atoms. The molecule has 0 unspecified atom stereocenters. The molecule has 0 bridgehead atoms. The maximum Gasteiger partial charge on any atom is 0.322 e. The van der Waals surface area contributed by atoms with Crippen molar-refractivity contribution < 1.29 is 18.3 Å². The van der Waals surface area contributed by atoms with Crippen LogP contribution < -0.4 is 5.32 Å². The lowest BCUT2D eigenvalue weighted by Crippen LogP contribution is -2.30. The molecule has 0 atom stereocenters. The Balaban J connectivity index is 1.61. The molecule has 8 heteroatoms. The zero-order valence-corrected chi connectivity index (χ0v) is 21.7. The summed E-state index contributed by atoms with van der Waals surface area (Å²) in [7, 11) is -3.85. The number of aromatic nitrogens is 1. The van der Waals surface area contributed by atoms with Crippen LogP contribution in [0, 0.1) is 11.8 Å². The summed E-state index contributed by atoms with van der Waals surface area (Å²) in [5, 5.41) is 11.7. The van der Waals surface area contributed by atoms with Crippen LogP contribution in [0.1, 0.15) is 23.7 Å². The molecule has 0 fully saturated rings. The summed E-state index contributed by atoms with van der Waals surface area (Å²) in [4.78, 5) is 15.5. The van der Waals surface area contributed by atoms with E-state index < -0.39 is 16.0 Å². The Kier molecular flexibility index (Phi) is 8.54. The van der Waals surface area contributed by atoms with Gasteiger partial charge in [-0.15, -0.1) is 5.92 Å². The van der Waals surface area contributed by atoms with Crippen molar-refractivity contribution in [2.24, 2.45) is 0 Å². The monoisotopic (exact) mass is 525 g/mol. The van der Waals surface area contributed by atoms with Crippen LogP contribution in [0.4, 0.5) is 5.82 Å². The number of nitrogens with one attached hydrogen (secondary N) is 1. The lowest BCUT2D eigenvalue weighted by atomic mass is 10.0. The number of anilines is 1. The van der Waals surface area contributed by atoms with Gasteiger partial charge in [0.1, 0.15) is 12.4 Å². The van der Waals surface area contributed by atoms with Gasteiger partial charge in [0, 0.05) is 12.1 Å². The second-order valence-corrected chi connectivity index (χ2v) is 10.4. The van der Waals surface area contributed by atoms with Crippen molar-refractivity contribution in [1.29, 1.82) is 0 Å². The van der Waals surface area contributed by atoms with Gasteiger partial charge in [0.05, 0.1) is 17.1 Å². The normalized spacial score (nSPS) is 11.0. The number of benzene rings is 3. The summed E-state index contributed by atoms with van der Waals surface area (Å²) in [5.74, 6) is 5.32. The number of nitrogens with zero attached hydrogens (tertiary/aromatic N) is 2. The Morgan fingerprint density at radius 3 is 2.34 bits per heavy atom. The van der Waals surface area contributed by atoms with E-state index in [0.717, 1.165) is 22.3 Å². The van der Waals surface area contributed by atoms with Gasteiger partial charge in [0.15, 0.2) is 0 Å². The first-order valence-electron chi connectivity index (χ1n) is 11.9. The van der Waals surface area contributed by atoms with E-state index in [9.17, 15) is 13.2 Å². The van der Waals surface area contributed by atoms with Gasteiger partial charge in [-0.3, -0.25) is 4.79 Å². The van der Waals surface area contributed by atoms with E-state index in [1.54, 1.807) is 55.5 Å². The van der Waals surface area contributed by atoms with Gasteiger partial charge in [-0.1, -0.05) is 66.6 Å². The summed E-state index contributed by atoms with van der Waals surface area (Å²) in [6.07, 6.45) is 0. The molecule has 0 radical (unpaired) electrons. The van der Waals surface area contributed by atoms with Crippen molar-refractivity contribution >= 4 is 21.8 Å². The molecule has 0 aliphatic heterocycles. The third kappa shape index (κ3) is 6.85. The Labute approximate surface area is 222 Å². The number of carboxylic acid groups (broad SMARTS) is 1. The Hall–Kier alpha value is -4.45. The lowest BCUT2D eigenvalue weighted by molar-refractivity contribution is -0.134. The Morgan fingerprint density at radius 2 is 1.63 bits per heavy atom. The second kappa shape index (κ2) is 12.2. The summed E-state index contributed by atoms with van der Waals surface area (Å²) < 4.78 is 28.6. The largest absolute Gasteiger partial charge is 0.480 e. The predicted molar refractivity (Wildman–Crippen MR) is 148 cm³/mol. The molecule has 192 valence electrons. The van der Waals surface area contributed by atoms with Gasteiger partial charge in [-0.25, -0.2) is 13.4 Å². The van der Waals surface area contributed by atoms with Crippen molar-refractivity contribution in [2.45, 2.75) is 24.9 Å². The fourth-order valence-corrected chi connectivity index (χ4v) is 5.33. The quantitative estimate of drug-likeness (QED) is 0.283. The number of pyridine rings is 1. The van der Waals surface area contributed by atoms with Crippen LogP contribution in [-0.4, -0.2) is 35.3 Å². The predicted octanol–water partition coefficient (Wildman–Crippen LogP) is 5.01. The number of carbonyl (C=O) groups is 1. The third-order valence-electron chi connectivity index (χ3n) is 5.72. The number of carboxylic acids is 1. The average molecular weight is 526 g/mol.